The van der Waals surface area contributed by atoms with Gasteiger partial charge >= 0.3 is 5.97 Å². The van der Waals surface area contributed by atoms with Crippen LogP contribution in [0.3, 0.4) is 0 Å². The number of carboxylic acid groups (broad SMARTS) is 1. The number of likely N-dealkylation sites (tertiary alicyclic amines) is 1. The number of nitrogens with zero attached hydrogens (tertiary/aromatic N) is 1. The first-order chi connectivity index (χ1) is 10.9. The van der Waals surface area contributed by atoms with E-state index in [-0.39, 0.29) is 35.6 Å². The van der Waals surface area contributed by atoms with E-state index < -0.39 is 17.6 Å². The number of halogens is 2. The number of piperidine rings is 1. The Labute approximate surface area is 133 Å². The number of carboxylic acids is 1. The van der Waals surface area contributed by atoms with E-state index in [1.165, 1.54) is 0 Å². The fraction of sp³-hybridized carbons (Fsp3) is 0.529. The quantitative estimate of drug-likeness (QED) is 0.926. The zero-order chi connectivity index (χ0) is 16.6. The van der Waals surface area contributed by atoms with Gasteiger partial charge < -0.3 is 10.0 Å². The molecule has 1 heterocycles. The molecule has 0 bridgehead atoms. The van der Waals surface area contributed by atoms with Crippen LogP contribution in [0.25, 0.3) is 0 Å². The highest BCUT2D eigenvalue weighted by atomic mass is 19.1. The molecule has 124 valence electrons. The molecule has 0 radical (unpaired) electrons. The fourth-order valence-corrected chi connectivity index (χ4v) is 3.59. The van der Waals surface area contributed by atoms with Crippen molar-refractivity contribution in [3.05, 3.63) is 35.4 Å². The van der Waals surface area contributed by atoms with Crippen LogP contribution in [0.1, 0.15) is 31.2 Å². The lowest BCUT2D eigenvalue weighted by atomic mass is 9.90. The number of carbonyl (C=O) groups excluding carboxylic acids is 1. The van der Waals surface area contributed by atoms with Gasteiger partial charge in [0.15, 0.2) is 0 Å². The van der Waals surface area contributed by atoms with E-state index >= 15 is 0 Å². The van der Waals surface area contributed by atoms with Gasteiger partial charge in [0, 0.05) is 19.5 Å². The average molecular weight is 323 g/mol. The number of benzene rings is 1. The van der Waals surface area contributed by atoms with Crippen molar-refractivity contribution in [1.29, 1.82) is 0 Å². The maximum Gasteiger partial charge on any atom is 0.307 e. The number of aryl methyl sites for hydroxylation is 1. The van der Waals surface area contributed by atoms with Crippen molar-refractivity contribution in [2.24, 2.45) is 11.3 Å². The first kappa shape index (κ1) is 15.9. The van der Waals surface area contributed by atoms with Crippen molar-refractivity contribution < 1.29 is 23.5 Å². The van der Waals surface area contributed by atoms with Gasteiger partial charge in [0.25, 0.3) is 0 Å². The predicted molar refractivity (Wildman–Crippen MR) is 78.7 cm³/mol. The van der Waals surface area contributed by atoms with E-state index in [0.717, 1.165) is 18.2 Å². The van der Waals surface area contributed by atoms with Crippen molar-refractivity contribution >= 4 is 11.9 Å². The number of carbonyl (C=O) groups is 2. The molecule has 1 aromatic carbocycles. The number of amides is 1. The van der Waals surface area contributed by atoms with Crippen LogP contribution in [0.2, 0.25) is 0 Å². The molecule has 1 saturated carbocycles. The minimum atomic E-state index is -0.744. The Morgan fingerprint density at radius 3 is 2.57 bits per heavy atom. The molecule has 2 aliphatic rings. The second-order valence-corrected chi connectivity index (χ2v) is 6.57. The van der Waals surface area contributed by atoms with Gasteiger partial charge in [0.2, 0.25) is 5.91 Å². The van der Waals surface area contributed by atoms with Crippen LogP contribution in [0.5, 0.6) is 0 Å². The highest BCUT2D eigenvalue weighted by molar-refractivity contribution is 5.77. The molecular formula is C17H19F2NO3. The molecule has 1 amide bonds. The van der Waals surface area contributed by atoms with Gasteiger partial charge in [-0.3, -0.25) is 9.59 Å². The molecular weight excluding hydrogens is 304 g/mol. The summed E-state index contributed by atoms with van der Waals surface area (Å²) in [6, 6.07) is 3.24. The van der Waals surface area contributed by atoms with Crippen molar-refractivity contribution in [2.45, 2.75) is 32.1 Å². The summed E-state index contributed by atoms with van der Waals surface area (Å²) in [5, 5.41) is 9.06. The van der Waals surface area contributed by atoms with Crippen LogP contribution >= 0.6 is 0 Å². The van der Waals surface area contributed by atoms with E-state index in [9.17, 15) is 18.4 Å². The minimum absolute atomic E-state index is 0.0870. The van der Waals surface area contributed by atoms with E-state index in [2.05, 4.69) is 0 Å². The Balaban J connectivity index is 1.50. The Kier molecular flexibility index (Phi) is 4.08. The van der Waals surface area contributed by atoms with Gasteiger partial charge in [-0.1, -0.05) is 0 Å². The normalized spacial score (nSPS) is 22.2. The Hall–Kier alpha value is -1.98. The van der Waals surface area contributed by atoms with Crippen LogP contribution in [0.15, 0.2) is 18.2 Å². The Morgan fingerprint density at radius 1 is 1.26 bits per heavy atom. The minimum Gasteiger partial charge on any atom is -0.481 e. The monoisotopic (exact) mass is 323 g/mol. The fourth-order valence-electron chi connectivity index (χ4n) is 3.59. The summed E-state index contributed by atoms with van der Waals surface area (Å²) < 4.78 is 26.7. The molecule has 23 heavy (non-hydrogen) atoms. The predicted octanol–water partition coefficient (Wildman–Crippen LogP) is 2.61. The van der Waals surface area contributed by atoms with E-state index in [0.29, 0.717) is 32.4 Å². The lowest BCUT2D eigenvalue weighted by Crippen LogP contribution is -2.40. The SMILES string of the molecule is O=C(O)C1CC12CCN(C(=O)CCc1cc(F)ccc1F)CC2. The molecule has 1 saturated heterocycles. The molecule has 4 nitrogen and oxygen atoms in total. The molecule has 1 unspecified atom stereocenters. The van der Waals surface area contributed by atoms with Gasteiger partial charge in [0.1, 0.15) is 11.6 Å². The van der Waals surface area contributed by atoms with Crippen molar-refractivity contribution in [1.82, 2.24) is 4.90 Å². The molecule has 1 aliphatic heterocycles. The van der Waals surface area contributed by atoms with Crippen molar-refractivity contribution in [3.8, 4) is 0 Å². The second-order valence-electron chi connectivity index (χ2n) is 6.57. The number of aliphatic carboxylic acids is 1. The zero-order valence-corrected chi connectivity index (χ0v) is 12.7. The van der Waals surface area contributed by atoms with E-state index in [4.69, 9.17) is 5.11 Å². The smallest absolute Gasteiger partial charge is 0.307 e. The van der Waals surface area contributed by atoms with E-state index in [1.54, 1.807) is 4.90 Å². The maximum atomic E-state index is 13.5. The lowest BCUT2D eigenvalue weighted by molar-refractivity contribution is -0.139. The number of hydrogen-bond donors (Lipinski definition) is 1. The standard InChI is InChI=1S/C17H19F2NO3/c18-12-2-3-14(19)11(9-12)1-4-15(21)20-7-5-17(6-8-20)10-13(17)16(22)23/h2-3,9,13H,1,4-8,10H2,(H,22,23). The van der Waals surface area contributed by atoms with Gasteiger partial charge in [-0.15, -0.1) is 0 Å². The average Bonchev–Trinajstić information content (AvgIpc) is 3.22. The van der Waals surface area contributed by atoms with Gasteiger partial charge in [-0.2, -0.15) is 0 Å². The summed E-state index contributed by atoms with van der Waals surface area (Å²) in [4.78, 5) is 24.9. The first-order valence-corrected chi connectivity index (χ1v) is 7.86. The number of hydrogen-bond acceptors (Lipinski definition) is 2. The van der Waals surface area contributed by atoms with Crippen molar-refractivity contribution in [2.75, 3.05) is 13.1 Å². The third-order valence-corrected chi connectivity index (χ3v) is 5.22. The van der Waals surface area contributed by atoms with Crippen molar-refractivity contribution in [3.63, 3.8) is 0 Å². The first-order valence-electron chi connectivity index (χ1n) is 7.86. The summed E-state index contributed by atoms with van der Waals surface area (Å²) in [6.45, 7) is 1.10. The third-order valence-electron chi connectivity index (χ3n) is 5.22. The molecule has 2 fully saturated rings. The molecule has 1 aromatic rings. The topological polar surface area (TPSA) is 57.6 Å². The maximum absolute atomic E-state index is 13.5. The summed E-state index contributed by atoms with van der Waals surface area (Å²) in [5.41, 5.74) is 0.0945. The van der Waals surface area contributed by atoms with Gasteiger partial charge in [-0.25, -0.2) is 8.78 Å². The number of rotatable bonds is 4. The zero-order valence-electron chi connectivity index (χ0n) is 12.7. The molecule has 1 aliphatic carbocycles. The van der Waals surface area contributed by atoms with E-state index in [1.807, 2.05) is 0 Å². The van der Waals surface area contributed by atoms with Crippen LogP contribution in [-0.4, -0.2) is 35.0 Å². The Morgan fingerprint density at radius 2 is 1.96 bits per heavy atom. The lowest BCUT2D eigenvalue weighted by Gasteiger charge is -2.32. The molecule has 3 rings (SSSR count). The summed E-state index contributed by atoms with van der Waals surface area (Å²) in [5.74, 6) is -2.11. The molecule has 1 atom stereocenters. The summed E-state index contributed by atoms with van der Waals surface area (Å²) in [7, 11) is 0. The molecule has 0 aromatic heterocycles. The largest absolute Gasteiger partial charge is 0.481 e. The summed E-state index contributed by atoms with van der Waals surface area (Å²) in [6.07, 6.45) is 2.44. The van der Waals surface area contributed by atoms with Gasteiger partial charge in [0.05, 0.1) is 5.92 Å². The Bertz CT molecular complexity index is 639. The molecule has 1 N–H and O–H groups in total. The van der Waals surface area contributed by atoms with Crippen LogP contribution < -0.4 is 0 Å². The van der Waals surface area contributed by atoms with Crippen LogP contribution in [-0.2, 0) is 16.0 Å². The van der Waals surface area contributed by atoms with Gasteiger partial charge in [-0.05, 0) is 54.9 Å². The van der Waals surface area contributed by atoms with Crippen LogP contribution in [0.4, 0.5) is 8.78 Å². The van der Waals surface area contributed by atoms with Crippen LogP contribution in [0, 0.1) is 23.0 Å². The summed E-state index contributed by atoms with van der Waals surface area (Å²) >= 11 is 0. The molecule has 6 heteroatoms. The second kappa shape index (κ2) is 5.91. The highest BCUT2D eigenvalue weighted by Crippen LogP contribution is 2.59. The molecule has 1 spiro atoms. The highest BCUT2D eigenvalue weighted by Gasteiger charge is 2.59. The third kappa shape index (κ3) is 3.21.